The minimum absolute atomic E-state index is 0.265. The average Bonchev–Trinajstić information content (AvgIpc) is 1.90. The van der Waals surface area contributed by atoms with E-state index in [9.17, 15) is 0 Å². The number of hydrogen-bond acceptors (Lipinski definition) is 0. The first-order chi connectivity index (χ1) is 3.93. The maximum atomic E-state index is 2.42. The first-order valence-corrected chi connectivity index (χ1v) is 5.71. The molecule has 1 fully saturated rings. The smallest absolute Gasteiger partial charge is 0.0243 e. The van der Waals surface area contributed by atoms with Gasteiger partial charge in [0, 0.05) is 9.52 Å². The van der Waals surface area contributed by atoms with E-state index in [1.807, 2.05) is 5.54 Å². The molecule has 0 aromatic heterocycles. The van der Waals surface area contributed by atoms with Crippen molar-refractivity contribution in [3.8, 4) is 0 Å². The lowest BCUT2D eigenvalue weighted by molar-refractivity contribution is 0.685. The van der Waals surface area contributed by atoms with E-state index in [2.05, 4.69) is 13.0 Å². The molecule has 2 radical (unpaired) electrons. The summed E-state index contributed by atoms with van der Waals surface area (Å²) in [7, 11) is 0.265. The quantitative estimate of drug-likeness (QED) is 0.467. The fourth-order valence-electron chi connectivity index (χ4n) is 1.24. The lowest BCUT2D eigenvalue weighted by atomic mass is 10.0. The van der Waals surface area contributed by atoms with Crippen LogP contribution in [0.1, 0.15) is 25.7 Å². The van der Waals surface area contributed by atoms with Crippen molar-refractivity contribution in [3.63, 3.8) is 0 Å². The van der Waals surface area contributed by atoms with Gasteiger partial charge < -0.3 is 0 Å². The molecule has 0 unspecified atom stereocenters. The summed E-state index contributed by atoms with van der Waals surface area (Å²) in [5.41, 5.74) is 1.91. The Morgan fingerprint density at radius 1 is 1.38 bits per heavy atom. The topological polar surface area (TPSA) is 0 Å². The molecule has 0 atom stereocenters. The summed E-state index contributed by atoms with van der Waals surface area (Å²) in [5, 5.41) is 0. The molecular weight excluding hydrogens is 112 g/mol. The van der Waals surface area contributed by atoms with Crippen molar-refractivity contribution in [2.45, 2.75) is 32.2 Å². The van der Waals surface area contributed by atoms with Crippen molar-refractivity contribution in [1.29, 1.82) is 0 Å². The number of rotatable bonds is 1. The van der Waals surface area contributed by atoms with Gasteiger partial charge in [-0.05, 0) is 24.8 Å². The van der Waals surface area contributed by atoms with Crippen molar-refractivity contribution in [2.24, 2.45) is 0 Å². The van der Waals surface area contributed by atoms with Gasteiger partial charge in [0.25, 0.3) is 0 Å². The monoisotopic (exact) mass is 126 g/mol. The van der Waals surface area contributed by atoms with Gasteiger partial charge in [-0.1, -0.05) is 19.4 Å². The molecule has 0 N–H and O–H groups in total. The van der Waals surface area contributed by atoms with E-state index < -0.39 is 0 Å². The van der Waals surface area contributed by atoms with Crippen molar-refractivity contribution in [1.82, 2.24) is 0 Å². The molecule has 0 heterocycles. The molecule has 0 aliphatic heterocycles. The highest BCUT2D eigenvalue weighted by molar-refractivity contribution is 6.41. The predicted octanol–water partition coefficient (Wildman–Crippen LogP) is 1.51. The highest BCUT2D eigenvalue weighted by atomic mass is 28.2. The van der Waals surface area contributed by atoms with Crippen LogP contribution < -0.4 is 0 Å². The van der Waals surface area contributed by atoms with Gasteiger partial charge in [0.1, 0.15) is 0 Å². The van der Waals surface area contributed by atoms with Crippen LogP contribution in [0.15, 0.2) is 0 Å². The van der Waals surface area contributed by atoms with E-state index >= 15 is 0 Å². The molecule has 1 aliphatic rings. The summed E-state index contributed by atoms with van der Waals surface area (Å²) in [6, 6.07) is 0. The van der Waals surface area contributed by atoms with E-state index in [1.165, 1.54) is 25.7 Å². The Morgan fingerprint density at radius 2 is 2.00 bits per heavy atom. The van der Waals surface area contributed by atoms with Crippen LogP contribution in [0.25, 0.3) is 0 Å². The van der Waals surface area contributed by atoms with Gasteiger partial charge in [0.2, 0.25) is 0 Å². The van der Waals surface area contributed by atoms with E-state index in [0.29, 0.717) is 0 Å². The fourth-order valence-corrected chi connectivity index (χ4v) is 2.35. The van der Waals surface area contributed by atoms with E-state index in [0.717, 1.165) is 0 Å². The summed E-state index contributed by atoms with van der Waals surface area (Å²) >= 11 is 0. The normalized spacial score (nSPS) is 25.1. The van der Waals surface area contributed by atoms with Crippen LogP contribution in [0.2, 0.25) is 6.55 Å². The van der Waals surface area contributed by atoms with E-state index in [-0.39, 0.29) is 9.52 Å². The molecule has 1 heteroatoms. The summed E-state index contributed by atoms with van der Waals surface area (Å²) < 4.78 is 0. The third-order valence-electron chi connectivity index (χ3n) is 1.90. The van der Waals surface area contributed by atoms with Crippen LogP contribution in [-0.4, -0.2) is 9.52 Å². The molecule has 46 valence electrons. The van der Waals surface area contributed by atoms with Gasteiger partial charge in [0.15, 0.2) is 0 Å². The third kappa shape index (κ3) is 1.62. The summed E-state index contributed by atoms with van der Waals surface area (Å²) in [6.07, 6.45) is 8.03. The zero-order chi connectivity index (χ0) is 5.82. The Morgan fingerprint density at radius 3 is 2.38 bits per heavy atom. The highest BCUT2D eigenvalue weighted by Crippen LogP contribution is 2.23. The Hall–Kier alpha value is 0.217. The van der Waals surface area contributed by atoms with E-state index in [1.54, 1.807) is 0 Å². The van der Waals surface area contributed by atoms with Crippen LogP contribution in [0.4, 0.5) is 0 Å². The average molecular weight is 126 g/mol. The predicted molar refractivity (Wildman–Crippen MR) is 40.4 cm³/mol. The second-order valence-corrected chi connectivity index (χ2v) is 4.18. The van der Waals surface area contributed by atoms with Crippen molar-refractivity contribution < 1.29 is 0 Å². The number of hydrogen-bond donors (Lipinski definition) is 0. The highest BCUT2D eigenvalue weighted by Gasteiger charge is 2.10. The summed E-state index contributed by atoms with van der Waals surface area (Å²) in [6.45, 7) is 2.40. The van der Waals surface area contributed by atoms with Crippen LogP contribution in [0.3, 0.4) is 0 Å². The lowest BCUT2D eigenvalue weighted by Gasteiger charge is -2.17. The van der Waals surface area contributed by atoms with Gasteiger partial charge in [-0.25, -0.2) is 0 Å². The largest absolute Gasteiger partial charge is 0.0744 e. The maximum absolute atomic E-state index is 2.42. The maximum Gasteiger partial charge on any atom is 0.0243 e. The fraction of sp³-hybridized carbons (Fsp3) is 0.714. The molecule has 0 amide bonds. The van der Waals surface area contributed by atoms with Gasteiger partial charge in [0.05, 0.1) is 0 Å². The molecule has 8 heavy (non-hydrogen) atoms. The van der Waals surface area contributed by atoms with Crippen LogP contribution in [0, 0.1) is 12.0 Å². The van der Waals surface area contributed by atoms with Crippen LogP contribution in [0.5, 0.6) is 0 Å². The zero-order valence-corrected chi connectivity index (χ0v) is 7.03. The van der Waals surface area contributed by atoms with Crippen molar-refractivity contribution in [2.75, 3.05) is 0 Å². The SMILES string of the molecule is C[SiH2][C]1CC[CH]CC1. The molecule has 0 aromatic carbocycles. The molecule has 0 nitrogen and oxygen atoms in total. The minimum atomic E-state index is 0.265. The zero-order valence-electron chi connectivity index (χ0n) is 5.61. The molecule has 1 aliphatic carbocycles. The van der Waals surface area contributed by atoms with Crippen LogP contribution >= 0.6 is 0 Å². The van der Waals surface area contributed by atoms with Gasteiger partial charge in [-0.3, -0.25) is 0 Å². The second-order valence-electron chi connectivity index (χ2n) is 2.47. The Kier molecular flexibility index (Phi) is 2.60. The summed E-state index contributed by atoms with van der Waals surface area (Å²) in [4.78, 5) is 0. The summed E-state index contributed by atoms with van der Waals surface area (Å²) in [5.74, 6) is 0. The van der Waals surface area contributed by atoms with Crippen molar-refractivity contribution >= 4 is 9.52 Å². The first-order valence-electron chi connectivity index (χ1n) is 3.58. The molecule has 0 aromatic rings. The van der Waals surface area contributed by atoms with Gasteiger partial charge in [-0.15, -0.1) is 0 Å². The Bertz CT molecular complexity index is 55.4. The third-order valence-corrected chi connectivity index (χ3v) is 3.61. The second kappa shape index (κ2) is 3.28. The Balaban J connectivity index is 2.13. The molecule has 0 spiro atoms. The van der Waals surface area contributed by atoms with E-state index in [4.69, 9.17) is 0 Å². The molecule has 1 rings (SSSR count). The molecule has 1 saturated carbocycles. The van der Waals surface area contributed by atoms with Gasteiger partial charge >= 0.3 is 0 Å². The first kappa shape index (κ1) is 6.34. The Labute approximate surface area is 54.5 Å². The standard InChI is InChI=1S/C7H14Si/c1-8-7-5-3-2-4-6-7/h2H,3-6,8H2,1H3. The van der Waals surface area contributed by atoms with Crippen LogP contribution in [-0.2, 0) is 0 Å². The molecular formula is C7H14Si. The van der Waals surface area contributed by atoms with Gasteiger partial charge in [-0.2, -0.15) is 0 Å². The van der Waals surface area contributed by atoms with Crippen molar-refractivity contribution in [3.05, 3.63) is 12.0 Å². The molecule has 0 saturated heterocycles. The lowest BCUT2D eigenvalue weighted by Crippen LogP contribution is -2.08. The minimum Gasteiger partial charge on any atom is -0.0744 e. The molecule has 0 bridgehead atoms.